The van der Waals surface area contributed by atoms with Crippen molar-refractivity contribution in [2.45, 2.75) is 25.9 Å². The second kappa shape index (κ2) is 10.8. The largest absolute Gasteiger partial charge is 0.394 e. The van der Waals surface area contributed by atoms with Crippen molar-refractivity contribution in [2.24, 2.45) is 7.05 Å². The lowest BCUT2D eigenvalue weighted by Gasteiger charge is -2.23. The highest BCUT2D eigenvalue weighted by atomic mass is 35.5. The smallest absolute Gasteiger partial charge is 0.255 e. The fraction of sp³-hybridized carbons (Fsp3) is 0.259. The maximum absolute atomic E-state index is 13.4. The number of carbonyl (C=O) groups excluding carboxylic acids is 2. The van der Waals surface area contributed by atoms with E-state index in [4.69, 9.17) is 11.6 Å². The van der Waals surface area contributed by atoms with Crippen molar-refractivity contribution in [3.8, 4) is 11.3 Å². The van der Waals surface area contributed by atoms with Crippen molar-refractivity contribution in [2.75, 3.05) is 18.5 Å². The van der Waals surface area contributed by atoms with Crippen molar-refractivity contribution >= 4 is 35.2 Å². The number of amides is 2. The maximum atomic E-state index is 13.4. The molecule has 3 heterocycles. The van der Waals surface area contributed by atoms with Gasteiger partial charge < -0.3 is 20.6 Å². The van der Waals surface area contributed by atoms with Gasteiger partial charge in [0.05, 0.1) is 41.8 Å². The zero-order valence-electron chi connectivity index (χ0n) is 21.6. The van der Waals surface area contributed by atoms with Crippen LogP contribution < -0.4 is 10.6 Å². The van der Waals surface area contributed by atoms with E-state index in [9.17, 15) is 14.7 Å². The highest BCUT2D eigenvalue weighted by Gasteiger charge is 2.35. The van der Waals surface area contributed by atoms with E-state index < -0.39 is 6.04 Å². The van der Waals surface area contributed by atoms with E-state index in [-0.39, 0.29) is 37.0 Å². The number of benzene rings is 2. The molecule has 3 N–H and O–H groups in total. The number of hydrogen-bond donors (Lipinski definition) is 3. The number of nitrogens with zero attached hydrogens (tertiary/aromatic N) is 6. The molecular weight excluding hydrogens is 520 g/mol. The Hall–Kier alpha value is -4.35. The summed E-state index contributed by atoms with van der Waals surface area (Å²) in [6.45, 7) is 3.42. The van der Waals surface area contributed by atoms with Crippen molar-refractivity contribution < 1.29 is 14.7 Å². The summed E-state index contributed by atoms with van der Waals surface area (Å²) in [4.78, 5) is 38.0. The van der Waals surface area contributed by atoms with Gasteiger partial charge in [0, 0.05) is 18.2 Å². The fourth-order valence-corrected chi connectivity index (χ4v) is 4.82. The molecule has 39 heavy (non-hydrogen) atoms. The van der Waals surface area contributed by atoms with Crippen molar-refractivity contribution in [3.05, 3.63) is 82.1 Å². The monoisotopic (exact) mass is 546 g/mol. The summed E-state index contributed by atoms with van der Waals surface area (Å²) < 4.78 is 0. The normalized spacial score (nSPS) is 15.3. The Balaban J connectivity index is 1.33. The summed E-state index contributed by atoms with van der Waals surface area (Å²) in [7, 11) is 1.70. The van der Waals surface area contributed by atoms with E-state index in [0.717, 1.165) is 16.7 Å². The van der Waals surface area contributed by atoms with E-state index in [1.54, 1.807) is 19.3 Å². The number of carbonyl (C=O) groups is 2. The zero-order chi connectivity index (χ0) is 27.7. The summed E-state index contributed by atoms with van der Waals surface area (Å²) >= 11 is 6.42. The van der Waals surface area contributed by atoms with Gasteiger partial charge in [-0.2, -0.15) is 9.90 Å². The lowest BCUT2D eigenvalue weighted by molar-refractivity contribution is -0.123. The molecule has 2 unspecified atom stereocenters. The molecule has 2 aromatic carbocycles. The quantitative estimate of drug-likeness (QED) is 0.306. The predicted octanol–water partition coefficient (Wildman–Crippen LogP) is 3.34. The minimum Gasteiger partial charge on any atom is -0.394 e. The number of hydrogen-bond acceptors (Lipinski definition) is 8. The van der Waals surface area contributed by atoms with Gasteiger partial charge in [-0.05, 0) is 31.0 Å². The molecule has 1 aliphatic rings. The first-order chi connectivity index (χ1) is 18.7. The molecule has 0 saturated carbocycles. The zero-order valence-corrected chi connectivity index (χ0v) is 22.3. The first-order valence-corrected chi connectivity index (χ1v) is 12.7. The SMILES string of the molecule is Cc1cccc(C(CO)NC(=O)CN2C(=O)c3cc(-c4nc(Nc5cnn(C)n5)ncc4Cl)ccc3C2C)c1. The van der Waals surface area contributed by atoms with Crippen LogP contribution in [0.5, 0.6) is 0 Å². The molecule has 0 radical (unpaired) electrons. The van der Waals surface area contributed by atoms with Crippen LogP contribution in [0.4, 0.5) is 11.8 Å². The Morgan fingerprint density at radius 2 is 2.03 bits per heavy atom. The Bertz CT molecular complexity index is 1560. The number of fused-ring (bicyclic) bond motifs is 1. The third kappa shape index (κ3) is 5.45. The molecule has 4 aromatic rings. The lowest BCUT2D eigenvalue weighted by Crippen LogP contribution is -2.41. The van der Waals surface area contributed by atoms with E-state index >= 15 is 0 Å². The van der Waals surface area contributed by atoms with E-state index in [2.05, 4.69) is 30.8 Å². The molecule has 0 fully saturated rings. The summed E-state index contributed by atoms with van der Waals surface area (Å²) in [5, 5.41) is 24.2. The molecule has 0 saturated heterocycles. The number of aryl methyl sites for hydroxylation is 2. The molecule has 2 atom stereocenters. The van der Waals surface area contributed by atoms with Crippen LogP contribution in [-0.4, -0.2) is 59.9 Å². The van der Waals surface area contributed by atoms with Gasteiger partial charge >= 0.3 is 0 Å². The number of aliphatic hydroxyl groups is 1. The van der Waals surface area contributed by atoms with Gasteiger partial charge in [0.25, 0.3) is 5.91 Å². The first-order valence-electron chi connectivity index (χ1n) is 12.3. The minimum absolute atomic E-state index is 0.146. The highest BCUT2D eigenvalue weighted by Crippen LogP contribution is 2.37. The van der Waals surface area contributed by atoms with Crippen molar-refractivity contribution in [1.29, 1.82) is 0 Å². The average Bonchev–Trinajstić information content (AvgIpc) is 3.43. The highest BCUT2D eigenvalue weighted by molar-refractivity contribution is 6.33. The van der Waals surface area contributed by atoms with Crippen molar-refractivity contribution in [3.63, 3.8) is 0 Å². The number of anilines is 2. The van der Waals surface area contributed by atoms with Crippen LogP contribution in [0.1, 0.15) is 46.1 Å². The Morgan fingerprint density at radius 1 is 1.21 bits per heavy atom. The van der Waals surface area contributed by atoms with Gasteiger partial charge in [-0.3, -0.25) is 9.59 Å². The first kappa shape index (κ1) is 26.3. The lowest BCUT2D eigenvalue weighted by atomic mass is 10.0. The summed E-state index contributed by atoms with van der Waals surface area (Å²) in [6, 6.07) is 12.1. The molecule has 2 aromatic heterocycles. The Kier molecular flexibility index (Phi) is 7.27. The van der Waals surface area contributed by atoms with Gasteiger partial charge in [-0.25, -0.2) is 9.97 Å². The molecule has 5 rings (SSSR count). The van der Waals surface area contributed by atoms with Crippen LogP contribution in [-0.2, 0) is 11.8 Å². The van der Waals surface area contributed by atoms with Crippen LogP contribution in [0.15, 0.2) is 54.9 Å². The number of nitrogens with one attached hydrogen (secondary N) is 2. The van der Waals surface area contributed by atoms with Gasteiger partial charge in [-0.1, -0.05) is 53.6 Å². The third-order valence-electron chi connectivity index (χ3n) is 6.60. The standard InChI is InChI=1S/C27H27ClN8O3/c1-15-5-4-6-17(9-15)22(14-37)31-24(38)13-36-16(2)19-8-7-18(10-20(19)26(36)39)25-21(28)11-29-27(33-25)32-23-12-30-35(3)34-23/h4-12,16,22,37H,13-14H2,1-3H3,(H,31,38)(H,29,32,33,34). The fourth-order valence-electron chi connectivity index (χ4n) is 4.62. The Morgan fingerprint density at radius 3 is 2.74 bits per heavy atom. The average molecular weight is 547 g/mol. The second-order valence-corrected chi connectivity index (χ2v) is 9.77. The predicted molar refractivity (Wildman–Crippen MR) is 145 cm³/mol. The van der Waals surface area contributed by atoms with E-state index in [1.807, 2.05) is 50.2 Å². The number of aromatic nitrogens is 5. The number of aliphatic hydroxyl groups excluding tert-OH is 1. The molecule has 1 aliphatic heterocycles. The topological polar surface area (TPSA) is 138 Å². The summed E-state index contributed by atoms with van der Waals surface area (Å²) in [5.41, 5.74) is 4.18. The van der Waals surface area contributed by atoms with E-state index in [1.165, 1.54) is 15.9 Å². The van der Waals surface area contributed by atoms with Crippen LogP contribution in [0.2, 0.25) is 5.02 Å². The molecule has 12 heteroatoms. The molecule has 200 valence electrons. The summed E-state index contributed by atoms with van der Waals surface area (Å²) in [5.74, 6) is 0.125. The number of rotatable bonds is 8. The molecule has 0 spiro atoms. The third-order valence-corrected chi connectivity index (χ3v) is 6.87. The molecule has 0 aliphatic carbocycles. The van der Waals surface area contributed by atoms with Crippen LogP contribution >= 0.6 is 11.6 Å². The van der Waals surface area contributed by atoms with Gasteiger partial charge in [0.2, 0.25) is 11.9 Å². The van der Waals surface area contributed by atoms with Gasteiger partial charge in [0.1, 0.15) is 6.54 Å². The summed E-state index contributed by atoms with van der Waals surface area (Å²) in [6.07, 6.45) is 3.02. The Labute approximate surface area is 229 Å². The maximum Gasteiger partial charge on any atom is 0.255 e. The van der Waals surface area contributed by atoms with Gasteiger partial charge in [0.15, 0.2) is 5.82 Å². The number of halogens is 1. The van der Waals surface area contributed by atoms with Crippen LogP contribution in [0.3, 0.4) is 0 Å². The second-order valence-electron chi connectivity index (χ2n) is 9.36. The minimum atomic E-state index is -0.566. The van der Waals surface area contributed by atoms with Crippen molar-refractivity contribution in [1.82, 2.24) is 35.2 Å². The molecule has 0 bridgehead atoms. The van der Waals surface area contributed by atoms with Crippen LogP contribution in [0, 0.1) is 6.92 Å². The van der Waals surface area contributed by atoms with E-state index in [0.29, 0.717) is 27.7 Å². The molecule has 11 nitrogen and oxygen atoms in total. The van der Waals surface area contributed by atoms with Gasteiger partial charge in [-0.15, -0.1) is 5.10 Å². The molecular formula is C27H27ClN8O3. The van der Waals surface area contributed by atoms with Crippen LogP contribution in [0.25, 0.3) is 11.3 Å². The molecule has 2 amide bonds.